The molecule has 21 heavy (non-hydrogen) atoms. The lowest BCUT2D eigenvalue weighted by Crippen LogP contribution is -2.06. The van der Waals surface area contributed by atoms with Crippen LogP contribution in [-0.2, 0) is 0 Å². The first kappa shape index (κ1) is 13.3. The molecule has 0 spiro atoms. The summed E-state index contributed by atoms with van der Waals surface area (Å²) in [4.78, 5) is 8.50. The average Bonchev–Trinajstić information content (AvgIpc) is 2.93. The van der Waals surface area contributed by atoms with Gasteiger partial charge in [-0.3, -0.25) is 0 Å². The predicted molar refractivity (Wildman–Crippen MR) is 76.8 cm³/mol. The minimum Gasteiger partial charge on any atom is -0.369 e. The molecule has 0 radical (unpaired) electrons. The van der Waals surface area contributed by atoms with Gasteiger partial charge in [0.25, 0.3) is 0 Å². The molecule has 3 rings (SSSR count). The van der Waals surface area contributed by atoms with Crippen LogP contribution in [0.1, 0.15) is 6.92 Å². The monoisotopic (exact) mass is 289 g/mol. The molecule has 0 aliphatic heterocycles. The molecule has 2 N–H and O–H groups in total. The molecule has 0 aliphatic rings. The summed E-state index contributed by atoms with van der Waals surface area (Å²) in [6.07, 6.45) is 5.14. The summed E-state index contributed by atoms with van der Waals surface area (Å²) in [5, 5.41) is 5.87. The fourth-order valence-corrected chi connectivity index (χ4v) is 2.01. The standard InChI is InChI=1S/C14H13F2N5/c1-2-17-11-8-21-7-6-18-14(21)13(20-11)19-10-5-3-4-9(15)12(10)16/h3-8,17H,2H2,1H3,(H,19,20). The van der Waals surface area contributed by atoms with E-state index in [9.17, 15) is 8.78 Å². The number of aromatic nitrogens is 3. The van der Waals surface area contributed by atoms with E-state index in [1.807, 2.05) is 6.92 Å². The topological polar surface area (TPSA) is 54.2 Å². The van der Waals surface area contributed by atoms with Crippen molar-refractivity contribution in [2.24, 2.45) is 0 Å². The van der Waals surface area contributed by atoms with Crippen LogP contribution < -0.4 is 10.6 Å². The van der Waals surface area contributed by atoms with Gasteiger partial charge in [-0.1, -0.05) is 6.07 Å². The Morgan fingerprint density at radius 3 is 2.95 bits per heavy atom. The van der Waals surface area contributed by atoms with Crippen molar-refractivity contribution < 1.29 is 8.78 Å². The van der Waals surface area contributed by atoms with Gasteiger partial charge in [0.2, 0.25) is 0 Å². The lowest BCUT2D eigenvalue weighted by atomic mass is 10.3. The Labute approximate surface area is 119 Å². The zero-order chi connectivity index (χ0) is 14.8. The van der Waals surface area contributed by atoms with Crippen LogP contribution in [0.2, 0.25) is 0 Å². The molecule has 2 aromatic heterocycles. The lowest BCUT2D eigenvalue weighted by Gasteiger charge is -2.11. The normalized spacial score (nSPS) is 10.8. The van der Waals surface area contributed by atoms with Gasteiger partial charge >= 0.3 is 0 Å². The molecule has 3 aromatic rings. The van der Waals surface area contributed by atoms with Crippen molar-refractivity contribution in [1.82, 2.24) is 14.4 Å². The number of nitrogens with one attached hydrogen (secondary N) is 2. The van der Waals surface area contributed by atoms with Crippen LogP contribution in [0.4, 0.5) is 26.1 Å². The van der Waals surface area contributed by atoms with Crippen molar-refractivity contribution in [3.05, 3.63) is 48.4 Å². The highest BCUT2D eigenvalue weighted by Gasteiger charge is 2.12. The fourth-order valence-electron chi connectivity index (χ4n) is 2.01. The van der Waals surface area contributed by atoms with Crippen LogP contribution in [0.5, 0.6) is 0 Å². The Bertz CT molecular complexity index is 784. The predicted octanol–water partition coefficient (Wildman–Crippen LogP) is 3.18. The molecule has 0 aliphatic carbocycles. The van der Waals surface area contributed by atoms with Crippen LogP contribution in [-0.4, -0.2) is 20.9 Å². The van der Waals surface area contributed by atoms with Gasteiger partial charge in [-0.15, -0.1) is 0 Å². The first-order chi connectivity index (χ1) is 10.2. The molecule has 0 atom stereocenters. The minimum atomic E-state index is -0.946. The van der Waals surface area contributed by atoms with Gasteiger partial charge < -0.3 is 15.0 Å². The van der Waals surface area contributed by atoms with E-state index in [0.717, 1.165) is 6.07 Å². The SMILES string of the molecule is CCNc1cn2ccnc2c(Nc2cccc(F)c2F)n1. The van der Waals surface area contributed by atoms with E-state index in [1.54, 1.807) is 23.0 Å². The van der Waals surface area contributed by atoms with Crippen molar-refractivity contribution in [3.63, 3.8) is 0 Å². The number of benzene rings is 1. The van der Waals surface area contributed by atoms with Gasteiger partial charge in [0, 0.05) is 18.9 Å². The molecule has 108 valence electrons. The Balaban J connectivity index is 2.06. The van der Waals surface area contributed by atoms with Gasteiger partial charge in [0.15, 0.2) is 23.1 Å². The number of imidazole rings is 1. The summed E-state index contributed by atoms with van der Waals surface area (Å²) in [5.41, 5.74) is 0.543. The maximum Gasteiger partial charge on any atom is 0.182 e. The van der Waals surface area contributed by atoms with Gasteiger partial charge in [-0.25, -0.2) is 18.7 Å². The van der Waals surface area contributed by atoms with E-state index in [4.69, 9.17) is 0 Å². The largest absolute Gasteiger partial charge is 0.369 e. The van der Waals surface area contributed by atoms with Crippen LogP contribution in [0.3, 0.4) is 0 Å². The number of fused-ring (bicyclic) bond motifs is 1. The average molecular weight is 289 g/mol. The number of hydrogen-bond acceptors (Lipinski definition) is 4. The third-order valence-electron chi connectivity index (χ3n) is 2.94. The quantitative estimate of drug-likeness (QED) is 0.774. The minimum absolute atomic E-state index is 0.0149. The molecule has 0 unspecified atom stereocenters. The van der Waals surface area contributed by atoms with E-state index in [0.29, 0.717) is 23.8 Å². The van der Waals surface area contributed by atoms with Crippen LogP contribution >= 0.6 is 0 Å². The maximum absolute atomic E-state index is 13.8. The zero-order valence-electron chi connectivity index (χ0n) is 11.3. The van der Waals surface area contributed by atoms with Gasteiger partial charge in [0.05, 0.1) is 11.9 Å². The number of rotatable bonds is 4. The molecule has 0 amide bonds. The number of nitrogens with zero attached hydrogens (tertiary/aromatic N) is 3. The highest BCUT2D eigenvalue weighted by atomic mass is 19.2. The molecule has 0 bridgehead atoms. The van der Waals surface area contributed by atoms with Crippen LogP contribution in [0.25, 0.3) is 5.65 Å². The number of hydrogen-bond donors (Lipinski definition) is 2. The van der Waals surface area contributed by atoms with Gasteiger partial charge in [-0.2, -0.15) is 0 Å². The summed E-state index contributed by atoms with van der Waals surface area (Å²) in [6, 6.07) is 3.94. The zero-order valence-corrected chi connectivity index (χ0v) is 11.3. The van der Waals surface area contributed by atoms with Gasteiger partial charge in [-0.05, 0) is 19.1 Å². The summed E-state index contributed by atoms with van der Waals surface area (Å²) in [7, 11) is 0. The number of anilines is 3. The maximum atomic E-state index is 13.8. The van der Waals surface area contributed by atoms with Gasteiger partial charge in [0.1, 0.15) is 5.82 Å². The molecular weight excluding hydrogens is 276 g/mol. The second kappa shape index (κ2) is 5.35. The van der Waals surface area contributed by atoms with E-state index in [-0.39, 0.29) is 5.69 Å². The Kier molecular flexibility index (Phi) is 3.39. The molecule has 5 nitrogen and oxygen atoms in total. The smallest absolute Gasteiger partial charge is 0.182 e. The van der Waals surface area contributed by atoms with Crippen LogP contribution in [0, 0.1) is 11.6 Å². The third-order valence-corrected chi connectivity index (χ3v) is 2.94. The van der Waals surface area contributed by atoms with Crippen molar-refractivity contribution in [2.45, 2.75) is 6.92 Å². The molecule has 1 aromatic carbocycles. The third kappa shape index (κ3) is 2.49. The molecular formula is C14H13F2N5. The molecule has 7 heteroatoms. The van der Waals surface area contributed by atoms with E-state index in [2.05, 4.69) is 20.6 Å². The molecule has 2 heterocycles. The Morgan fingerprint density at radius 1 is 1.29 bits per heavy atom. The molecule has 0 saturated carbocycles. The lowest BCUT2D eigenvalue weighted by molar-refractivity contribution is 0.511. The summed E-state index contributed by atoms with van der Waals surface area (Å²) < 4.78 is 28.8. The Hall–Kier alpha value is -2.70. The van der Waals surface area contributed by atoms with Crippen molar-refractivity contribution in [2.75, 3.05) is 17.2 Å². The second-order valence-electron chi connectivity index (χ2n) is 4.39. The Morgan fingerprint density at radius 2 is 2.14 bits per heavy atom. The first-order valence-electron chi connectivity index (χ1n) is 6.47. The van der Waals surface area contributed by atoms with E-state index >= 15 is 0 Å². The highest BCUT2D eigenvalue weighted by Crippen LogP contribution is 2.24. The fraction of sp³-hybridized carbons (Fsp3) is 0.143. The molecule has 0 fully saturated rings. The van der Waals surface area contributed by atoms with Crippen molar-refractivity contribution >= 4 is 23.0 Å². The summed E-state index contributed by atoms with van der Waals surface area (Å²) >= 11 is 0. The second-order valence-corrected chi connectivity index (χ2v) is 4.39. The van der Waals surface area contributed by atoms with Crippen LogP contribution in [0.15, 0.2) is 36.8 Å². The van der Waals surface area contributed by atoms with Crippen molar-refractivity contribution in [1.29, 1.82) is 0 Å². The molecule has 0 saturated heterocycles. The van der Waals surface area contributed by atoms with E-state index < -0.39 is 11.6 Å². The first-order valence-corrected chi connectivity index (χ1v) is 6.47. The highest BCUT2D eigenvalue weighted by molar-refractivity contribution is 5.71. The summed E-state index contributed by atoms with van der Waals surface area (Å²) in [6.45, 7) is 2.64. The summed E-state index contributed by atoms with van der Waals surface area (Å²) in [5.74, 6) is -0.898. The van der Waals surface area contributed by atoms with E-state index in [1.165, 1.54) is 12.1 Å². The number of halogens is 2. The van der Waals surface area contributed by atoms with Crippen molar-refractivity contribution in [3.8, 4) is 0 Å².